The van der Waals surface area contributed by atoms with E-state index in [1.165, 1.54) is 19.3 Å². The first kappa shape index (κ1) is 8.95. The van der Waals surface area contributed by atoms with Crippen LogP contribution in [0.4, 0.5) is 0 Å². The topological polar surface area (TPSA) is 65.7 Å². The average Bonchev–Trinajstić information content (AvgIpc) is 2.61. The smallest absolute Gasteiger partial charge is 0.311 e. The molecule has 2 atom stereocenters. The molecule has 0 saturated heterocycles. The average molecular weight is 206 g/mol. The van der Waals surface area contributed by atoms with Crippen LogP contribution in [0.25, 0.3) is 0 Å². The fourth-order valence-electron chi connectivity index (χ4n) is 3.12. The van der Waals surface area contributed by atoms with E-state index in [2.05, 4.69) is 9.97 Å². The molecule has 2 aliphatic carbocycles. The van der Waals surface area contributed by atoms with Crippen LogP contribution in [0, 0.1) is 11.8 Å². The molecule has 4 heteroatoms. The summed E-state index contributed by atoms with van der Waals surface area (Å²) in [7, 11) is 0. The van der Waals surface area contributed by atoms with Gasteiger partial charge >= 0.3 is 5.69 Å². The molecular formula is C11H14N2O2. The van der Waals surface area contributed by atoms with Crippen LogP contribution in [0.3, 0.4) is 0 Å². The van der Waals surface area contributed by atoms with Crippen molar-refractivity contribution in [2.45, 2.75) is 32.1 Å². The van der Waals surface area contributed by atoms with Gasteiger partial charge in [0.2, 0.25) is 0 Å². The molecule has 3 rings (SSSR count). The van der Waals surface area contributed by atoms with E-state index in [0.717, 1.165) is 24.1 Å². The molecule has 80 valence electrons. The van der Waals surface area contributed by atoms with Crippen molar-refractivity contribution < 1.29 is 0 Å². The first-order valence-electron chi connectivity index (χ1n) is 5.58. The highest BCUT2D eigenvalue weighted by atomic mass is 16.2. The van der Waals surface area contributed by atoms with E-state index in [0.29, 0.717) is 11.8 Å². The van der Waals surface area contributed by atoms with Gasteiger partial charge in [-0.05, 0) is 37.5 Å². The Morgan fingerprint density at radius 2 is 1.73 bits per heavy atom. The first-order chi connectivity index (χ1) is 7.24. The van der Waals surface area contributed by atoms with E-state index in [4.69, 9.17) is 0 Å². The van der Waals surface area contributed by atoms with Gasteiger partial charge in [-0.1, -0.05) is 6.42 Å². The summed E-state index contributed by atoms with van der Waals surface area (Å²) in [5, 5.41) is 0. The lowest BCUT2D eigenvalue weighted by Gasteiger charge is -2.26. The second kappa shape index (κ2) is 3.08. The quantitative estimate of drug-likeness (QED) is 0.652. The lowest BCUT2D eigenvalue weighted by molar-refractivity contribution is 0.353. The van der Waals surface area contributed by atoms with Crippen molar-refractivity contribution in [1.29, 1.82) is 0 Å². The Kier molecular flexibility index (Phi) is 1.84. The first-order valence-corrected chi connectivity index (χ1v) is 5.58. The molecule has 1 saturated carbocycles. The monoisotopic (exact) mass is 206 g/mol. The van der Waals surface area contributed by atoms with Crippen LogP contribution in [0.1, 0.15) is 30.5 Å². The van der Waals surface area contributed by atoms with Crippen molar-refractivity contribution in [2.24, 2.45) is 11.8 Å². The molecule has 0 radical (unpaired) electrons. The Morgan fingerprint density at radius 3 is 2.53 bits per heavy atom. The lowest BCUT2D eigenvalue weighted by Crippen LogP contribution is -2.34. The zero-order valence-electron chi connectivity index (χ0n) is 8.51. The molecule has 0 amide bonds. The molecule has 2 unspecified atom stereocenters. The number of hydrogen-bond donors (Lipinski definition) is 2. The largest absolute Gasteiger partial charge is 0.325 e. The number of aromatic nitrogens is 2. The van der Waals surface area contributed by atoms with Crippen LogP contribution in [-0.2, 0) is 12.8 Å². The molecule has 1 aromatic heterocycles. The molecular weight excluding hydrogens is 192 g/mol. The molecule has 15 heavy (non-hydrogen) atoms. The van der Waals surface area contributed by atoms with Gasteiger partial charge in [-0.2, -0.15) is 0 Å². The maximum atomic E-state index is 11.6. The summed E-state index contributed by atoms with van der Waals surface area (Å²) in [4.78, 5) is 27.8. The van der Waals surface area contributed by atoms with Gasteiger partial charge in [-0.25, -0.2) is 4.79 Å². The van der Waals surface area contributed by atoms with E-state index >= 15 is 0 Å². The number of rotatable bonds is 0. The Hall–Kier alpha value is -1.32. The number of nitrogens with one attached hydrogen (secondary N) is 2. The number of aromatic amines is 2. The Bertz CT molecular complexity index is 500. The van der Waals surface area contributed by atoms with Crippen molar-refractivity contribution in [2.75, 3.05) is 0 Å². The highest BCUT2D eigenvalue weighted by Crippen LogP contribution is 2.39. The van der Waals surface area contributed by atoms with E-state index in [9.17, 15) is 9.59 Å². The van der Waals surface area contributed by atoms with E-state index in [-0.39, 0.29) is 11.2 Å². The van der Waals surface area contributed by atoms with Gasteiger partial charge in [0.1, 0.15) is 0 Å². The third-order valence-electron chi connectivity index (χ3n) is 3.88. The highest BCUT2D eigenvalue weighted by Gasteiger charge is 2.33. The van der Waals surface area contributed by atoms with Gasteiger partial charge in [-0.15, -0.1) is 0 Å². The summed E-state index contributed by atoms with van der Waals surface area (Å²) in [5.41, 5.74) is 1.15. The molecule has 0 bridgehead atoms. The van der Waals surface area contributed by atoms with Crippen molar-refractivity contribution in [3.63, 3.8) is 0 Å². The van der Waals surface area contributed by atoms with Crippen LogP contribution >= 0.6 is 0 Å². The molecule has 0 aromatic carbocycles. The fourth-order valence-corrected chi connectivity index (χ4v) is 3.12. The van der Waals surface area contributed by atoms with Gasteiger partial charge in [0.05, 0.1) is 0 Å². The molecule has 0 aliphatic heterocycles. The minimum atomic E-state index is -0.366. The predicted molar refractivity (Wildman–Crippen MR) is 55.9 cm³/mol. The van der Waals surface area contributed by atoms with Crippen molar-refractivity contribution in [1.82, 2.24) is 9.97 Å². The second-order valence-corrected chi connectivity index (χ2v) is 4.72. The van der Waals surface area contributed by atoms with Crippen LogP contribution in [0.15, 0.2) is 9.59 Å². The van der Waals surface area contributed by atoms with Crippen molar-refractivity contribution >= 4 is 0 Å². The third kappa shape index (κ3) is 1.35. The highest BCUT2D eigenvalue weighted by molar-refractivity contribution is 5.21. The normalized spacial score (nSPS) is 28.5. The standard InChI is InChI=1S/C11H14N2O2/c14-10-8-4-6-2-1-3-7(6)5-9(8)12-11(15)13-10/h6-7H,1-5H2,(H2,12,13,14,15). The van der Waals surface area contributed by atoms with Crippen molar-refractivity contribution in [3.05, 3.63) is 32.1 Å². The Balaban J connectivity index is 2.11. The van der Waals surface area contributed by atoms with Gasteiger partial charge in [-0.3, -0.25) is 9.78 Å². The van der Waals surface area contributed by atoms with Crippen molar-refractivity contribution in [3.8, 4) is 0 Å². The summed E-state index contributed by atoms with van der Waals surface area (Å²) in [6.07, 6.45) is 5.50. The summed E-state index contributed by atoms with van der Waals surface area (Å²) < 4.78 is 0. The van der Waals surface area contributed by atoms with E-state index in [1.807, 2.05) is 0 Å². The zero-order valence-corrected chi connectivity index (χ0v) is 8.51. The molecule has 1 heterocycles. The summed E-state index contributed by atoms with van der Waals surface area (Å²) in [5.74, 6) is 1.36. The lowest BCUT2D eigenvalue weighted by atomic mass is 9.80. The third-order valence-corrected chi connectivity index (χ3v) is 3.88. The Morgan fingerprint density at radius 1 is 1.00 bits per heavy atom. The van der Waals surface area contributed by atoms with Gasteiger partial charge in [0.15, 0.2) is 0 Å². The summed E-state index contributed by atoms with van der Waals surface area (Å²) in [6.45, 7) is 0. The number of H-pyrrole nitrogens is 2. The van der Waals surface area contributed by atoms with E-state index in [1.54, 1.807) is 0 Å². The van der Waals surface area contributed by atoms with Gasteiger partial charge < -0.3 is 4.98 Å². The summed E-state index contributed by atoms with van der Waals surface area (Å²) >= 11 is 0. The molecule has 0 spiro atoms. The molecule has 4 nitrogen and oxygen atoms in total. The maximum Gasteiger partial charge on any atom is 0.325 e. The zero-order chi connectivity index (χ0) is 10.4. The van der Waals surface area contributed by atoms with Crippen LogP contribution < -0.4 is 11.2 Å². The molecule has 2 N–H and O–H groups in total. The SMILES string of the molecule is O=c1[nH]c2c(c(=O)[nH]1)CC1CCCC1C2. The van der Waals surface area contributed by atoms with E-state index < -0.39 is 0 Å². The Labute approximate surface area is 86.7 Å². The van der Waals surface area contributed by atoms with Gasteiger partial charge in [0, 0.05) is 11.3 Å². The minimum absolute atomic E-state index is 0.181. The van der Waals surface area contributed by atoms with Crippen LogP contribution in [0.5, 0.6) is 0 Å². The number of fused-ring (bicyclic) bond motifs is 2. The number of hydrogen-bond acceptors (Lipinski definition) is 2. The summed E-state index contributed by atoms with van der Waals surface area (Å²) in [6, 6.07) is 0. The molecule has 1 aromatic rings. The second-order valence-electron chi connectivity index (χ2n) is 4.72. The van der Waals surface area contributed by atoms with Crippen LogP contribution in [0.2, 0.25) is 0 Å². The molecule has 1 fully saturated rings. The molecule has 2 aliphatic rings. The van der Waals surface area contributed by atoms with Gasteiger partial charge in [0.25, 0.3) is 5.56 Å². The maximum absolute atomic E-state index is 11.6. The van der Waals surface area contributed by atoms with Crippen LogP contribution in [-0.4, -0.2) is 9.97 Å². The fraction of sp³-hybridized carbons (Fsp3) is 0.636. The predicted octanol–water partition coefficient (Wildman–Crippen LogP) is 0.578. The minimum Gasteiger partial charge on any atom is -0.311 e.